The summed E-state index contributed by atoms with van der Waals surface area (Å²) in [6.07, 6.45) is -8.06. The van der Waals surface area contributed by atoms with E-state index >= 15 is 0 Å². The van der Waals surface area contributed by atoms with Gasteiger partial charge in [0, 0.05) is 11.8 Å². The number of aliphatic hydroxyl groups is 2. The van der Waals surface area contributed by atoms with Gasteiger partial charge in [-0.2, -0.15) is 13.2 Å². The lowest BCUT2D eigenvalue weighted by atomic mass is 10.0. The zero-order chi connectivity index (χ0) is 14.6. The van der Waals surface area contributed by atoms with Gasteiger partial charge in [-0.05, 0) is 6.07 Å². The summed E-state index contributed by atoms with van der Waals surface area (Å²) in [6, 6.07) is 2.18. The van der Waals surface area contributed by atoms with E-state index in [-0.39, 0.29) is 0 Å². The lowest BCUT2D eigenvalue weighted by Gasteiger charge is -2.20. The van der Waals surface area contributed by atoms with Gasteiger partial charge in [-0.3, -0.25) is 9.78 Å². The number of methoxy groups -OCH3 is 1. The van der Waals surface area contributed by atoms with Crippen molar-refractivity contribution in [1.82, 2.24) is 4.98 Å². The molecule has 2 unspecified atom stereocenters. The molecule has 2 N–H and O–H groups in total. The highest BCUT2D eigenvalue weighted by molar-refractivity contribution is 5.69. The minimum Gasteiger partial charge on any atom is -0.469 e. The number of halogens is 3. The van der Waals surface area contributed by atoms with Crippen molar-refractivity contribution in [2.45, 2.75) is 24.8 Å². The van der Waals surface area contributed by atoms with Crippen molar-refractivity contribution < 1.29 is 32.9 Å². The van der Waals surface area contributed by atoms with Crippen LogP contribution in [0.25, 0.3) is 0 Å². The molecule has 2 atom stereocenters. The molecular formula is C11H12F3NO4. The Morgan fingerprint density at radius 2 is 2.11 bits per heavy atom. The van der Waals surface area contributed by atoms with Crippen LogP contribution >= 0.6 is 0 Å². The van der Waals surface area contributed by atoms with Gasteiger partial charge < -0.3 is 14.9 Å². The van der Waals surface area contributed by atoms with Crippen LogP contribution in [0.1, 0.15) is 23.8 Å². The van der Waals surface area contributed by atoms with Crippen molar-refractivity contribution in [2.75, 3.05) is 7.11 Å². The maximum atomic E-state index is 12.7. The van der Waals surface area contributed by atoms with Crippen molar-refractivity contribution in [3.8, 4) is 0 Å². The van der Waals surface area contributed by atoms with E-state index in [2.05, 4.69) is 9.72 Å². The first-order valence-corrected chi connectivity index (χ1v) is 5.22. The highest BCUT2D eigenvalue weighted by Gasteiger charge is 2.38. The number of pyridine rings is 1. The van der Waals surface area contributed by atoms with Gasteiger partial charge in [0.15, 0.2) is 0 Å². The molecule has 0 saturated carbocycles. The Bertz CT molecular complexity index is 450. The van der Waals surface area contributed by atoms with E-state index in [0.29, 0.717) is 0 Å². The molecule has 0 aliphatic rings. The summed E-state index contributed by atoms with van der Waals surface area (Å²) >= 11 is 0. The van der Waals surface area contributed by atoms with Crippen LogP contribution in [0.3, 0.4) is 0 Å². The second-order valence-electron chi connectivity index (χ2n) is 3.73. The largest absolute Gasteiger partial charge is 0.469 e. The lowest BCUT2D eigenvalue weighted by Crippen LogP contribution is -2.25. The Morgan fingerprint density at radius 3 is 2.63 bits per heavy atom. The Balaban J connectivity index is 2.99. The molecule has 1 rings (SSSR count). The number of ether oxygens (including phenoxy) is 1. The van der Waals surface area contributed by atoms with Crippen molar-refractivity contribution >= 4 is 5.97 Å². The fraction of sp³-hybridized carbons (Fsp3) is 0.455. The monoisotopic (exact) mass is 279 g/mol. The number of nitrogens with zero attached hydrogens (tertiary/aromatic N) is 1. The van der Waals surface area contributed by atoms with E-state index in [0.717, 1.165) is 19.4 Å². The van der Waals surface area contributed by atoms with Crippen LogP contribution in [-0.4, -0.2) is 34.4 Å². The number of rotatable bonds is 4. The Morgan fingerprint density at radius 1 is 1.47 bits per heavy atom. The highest BCUT2D eigenvalue weighted by Crippen LogP contribution is 2.34. The van der Waals surface area contributed by atoms with E-state index in [1.54, 1.807) is 0 Å². The summed E-state index contributed by atoms with van der Waals surface area (Å²) in [5, 5.41) is 19.2. The summed E-state index contributed by atoms with van der Waals surface area (Å²) < 4.78 is 42.2. The van der Waals surface area contributed by atoms with Gasteiger partial charge >= 0.3 is 12.1 Å². The molecule has 0 aromatic carbocycles. The molecule has 0 bridgehead atoms. The fourth-order valence-electron chi connectivity index (χ4n) is 1.47. The van der Waals surface area contributed by atoms with Crippen LogP contribution in [-0.2, 0) is 15.7 Å². The summed E-state index contributed by atoms with van der Waals surface area (Å²) in [5.74, 6) is -0.844. The number of esters is 1. The predicted molar refractivity (Wildman–Crippen MR) is 56.8 cm³/mol. The molecule has 0 radical (unpaired) electrons. The van der Waals surface area contributed by atoms with Gasteiger partial charge in [0.25, 0.3) is 0 Å². The van der Waals surface area contributed by atoms with Gasteiger partial charge in [-0.15, -0.1) is 0 Å². The first-order chi connectivity index (χ1) is 8.77. The van der Waals surface area contributed by atoms with Crippen molar-refractivity contribution in [3.05, 3.63) is 29.6 Å². The summed E-state index contributed by atoms with van der Waals surface area (Å²) in [5.41, 5.74) is -1.89. The standard InChI is InChI=1S/C11H12F3NO4/c1-19-8(17)5-7(16)9(18)6-3-2-4-15-10(6)11(12,13)14/h2-4,7,9,16,18H,5H2,1H3. The molecule has 8 heteroatoms. The maximum absolute atomic E-state index is 12.7. The molecule has 0 amide bonds. The second kappa shape index (κ2) is 5.98. The average molecular weight is 279 g/mol. The Labute approximate surface area is 106 Å². The van der Waals surface area contributed by atoms with Gasteiger partial charge in [-0.25, -0.2) is 0 Å². The molecule has 0 aliphatic carbocycles. The molecule has 0 spiro atoms. The van der Waals surface area contributed by atoms with Crippen LogP contribution in [0, 0.1) is 0 Å². The molecule has 1 heterocycles. The van der Waals surface area contributed by atoms with E-state index in [9.17, 15) is 28.2 Å². The fourth-order valence-corrected chi connectivity index (χ4v) is 1.47. The van der Waals surface area contributed by atoms with Gasteiger partial charge in [0.05, 0.1) is 19.6 Å². The summed E-state index contributed by atoms with van der Waals surface area (Å²) in [4.78, 5) is 14.0. The molecule has 106 valence electrons. The zero-order valence-corrected chi connectivity index (χ0v) is 9.89. The third-order valence-corrected chi connectivity index (χ3v) is 2.39. The number of carbonyl (C=O) groups is 1. The number of aliphatic hydroxyl groups excluding tert-OH is 2. The van der Waals surface area contributed by atoms with Crippen molar-refractivity contribution in [2.24, 2.45) is 0 Å². The molecule has 0 saturated heterocycles. The third-order valence-electron chi connectivity index (χ3n) is 2.39. The van der Waals surface area contributed by atoms with Crippen molar-refractivity contribution in [3.63, 3.8) is 0 Å². The van der Waals surface area contributed by atoms with E-state index in [1.807, 2.05) is 0 Å². The third kappa shape index (κ3) is 3.90. The number of hydrogen-bond acceptors (Lipinski definition) is 5. The number of alkyl halides is 3. The van der Waals surface area contributed by atoms with Crippen LogP contribution < -0.4 is 0 Å². The average Bonchev–Trinajstić information content (AvgIpc) is 2.36. The molecule has 19 heavy (non-hydrogen) atoms. The van der Waals surface area contributed by atoms with Crippen molar-refractivity contribution in [1.29, 1.82) is 0 Å². The zero-order valence-electron chi connectivity index (χ0n) is 9.89. The molecular weight excluding hydrogens is 267 g/mol. The number of aromatic nitrogens is 1. The van der Waals surface area contributed by atoms with Crippen LogP contribution in [0.15, 0.2) is 18.3 Å². The maximum Gasteiger partial charge on any atom is 0.433 e. The summed E-state index contributed by atoms with van der Waals surface area (Å²) in [6.45, 7) is 0. The van der Waals surface area contributed by atoms with E-state index in [1.165, 1.54) is 6.07 Å². The van der Waals surface area contributed by atoms with Crippen LogP contribution in [0.5, 0.6) is 0 Å². The van der Waals surface area contributed by atoms with E-state index in [4.69, 9.17) is 0 Å². The van der Waals surface area contributed by atoms with Gasteiger partial charge in [0.1, 0.15) is 11.8 Å². The minimum absolute atomic E-state index is 0.591. The topological polar surface area (TPSA) is 79.7 Å². The lowest BCUT2D eigenvalue weighted by molar-refractivity contribution is -0.146. The molecule has 1 aromatic rings. The normalized spacial score (nSPS) is 14.8. The minimum atomic E-state index is -4.76. The molecule has 1 aromatic heterocycles. The quantitative estimate of drug-likeness (QED) is 0.806. The second-order valence-corrected chi connectivity index (χ2v) is 3.73. The Hall–Kier alpha value is -1.67. The SMILES string of the molecule is COC(=O)CC(O)C(O)c1cccnc1C(F)(F)F. The molecule has 0 fully saturated rings. The van der Waals surface area contributed by atoms with Gasteiger partial charge in [-0.1, -0.05) is 6.07 Å². The smallest absolute Gasteiger partial charge is 0.433 e. The molecule has 0 aliphatic heterocycles. The number of hydrogen-bond donors (Lipinski definition) is 2. The first kappa shape index (κ1) is 15.4. The molecule has 5 nitrogen and oxygen atoms in total. The summed E-state index contributed by atoms with van der Waals surface area (Å²) in [7, 11) is 1.06. The van der Waals surface area contributed by atoms with Crippen LogP contribution in [0.2, 0.25) is 0 Å². The van der Waals surface area contributed by atoms with Crippen LogP contribution in [0.4, 0.5) is 13.2 Å². The predicted octanol–water partition coefficient (Wildman–Crippen LogP) is 1.06. The number of carbonyl (C=O) groups excluding carboxylic acids is 1. The van der Waals surface area contributed by atoms with Gasteiger partial charge in [0.2, 0.25) is 0 Å². The van der Waals surface area contributed by atoms with E-state index < -0.39 is 42.0 Å². The first-order valence-electron chi connectivity index (χ1n) is 5.22. The highest BCUT2D eigenvalue weighted by atomic mass is 19.4. The Kier molecular flexibility index (Phi) is 4.84.